The van der Waals surface area contributed by atoms with Crippen LogP contribution in [-0.4, -0.2) is 37.2 Å². The minimum Gasteiger partial charge on any atom is -0.493 e. The zero-order chi connectivity index (χ0) is 22.8. The number of methoxy groups -OCH3 is 3. The molecule has 4 rings (SSSR count). The fourth-order valence-corrected chi connectivity index (χ4v) is 4.62. The SMILES string of the molecule is COc1cc(C(=O)Nc2ccc3sc(-c4ccnc(N)n4)c(C)c3c2)cc(OC)c1OC. The molecular weight excluding hydrogens is 428 g/mol. The number of anilines is 2. The number of amides is 1. The maximum Gasteiger partial charge on any atom is 0.255 e. The third-order valence-electron chi connectivity index (χ3n) is 5.03. The summed E-state index contributed by atoms with van der Waals surface area (Å²) in [7, 11) is 4.53. The smallest absolute Gasteiger partial charge is 0.255 e. The second-order valence-electron chi connectivity index (χ2n) is 6.94. The van der Waals surface area contributed by atoms with E-state index in [1.165, 1.54) is 21.3 Å². The van der Waals surface area contributed by atoms with Crippen molar-refractivity contribution in [2.24, 2.45) is 0 Å². The summed E-state index contributed by atoms with van der Waals surface area (Å²) < 4.78 is 17.1. The molecule has 3 N–H and O–H groups in total. The molecule has 0 saturated carbocycles. The number of rotatable bonds is 6. The highest BCUT2D eigenvalue weighted by molar-refractivity contribution is 7.22. The maximum atomic E-state index is 12.9. The summed E-state index contributed by atoms with van der Waals surface area (Å²) in [4.78, 5) is 22.2. The molecule has 0 saturated heterocycles. The van der Waals surface area contributed by atoms with Crippen LogP contribution in [0.1, 0.15) is 15.9 Å². The molecule has 8 nitrogen and oxygen atoms in total. The molecule has 0 fully saturated rings. The van der Waals surface area contributed by atoms with Crippen LogP contribution in [0.2, 0.25) is 0 Å². The predicted molar refractivity (Wildman–Crippen MR) is 126 cm³/mol. The van der Waals surface area contributed by atoms with Crippen molar-refractivity contribution in [2.45, 2.75) is 6.92 Å². The largest absolute Gasteiger partial charge is 0.493 e. The van der Waals surface area contributed by atoms with Crippen LogP contribution in [0, 0.1) is 6.92 Å². The van der Waals surface area contributed by atoms with Gasteiger partial charge in [0.05, 0.1) is 31.9 Å². The molecule has 0 spiro atoms. The Kier molecular flexibility index (Phi) is 5.83. The van der Waals surface area contributed by atoms with Crippen LogP contribution in [0.25, 0.3) is 20.7 Å². The molecule has 0 bridgehead atoms. The Morgan fingerprint density at radius 2 is 1.75 bits per heavy atom. The number of benzene rings is 2. The fraction of sp³-hybridized carbons (Fsp3) is 0.174. The lowest BCUT2D eigenvalue weighted by atomic mass is 10.1. The molecule has 0 aliphatic heterocycles. The lowest BCUT2D eigenvalue weighted by Crippen LogP contribution is -2.12. The van der Waals surface area contributed by atoms with Gasteiger partial charge in [-0.25, -0.2) is 9.97 Å². The molecular formula is C23H22N4O4S. The molecule has 0 unspecified atom stereocenters. The van der Waals surface area contributed by atoms with Gasteiger partial charge in [0.2, 0.25) is 11.7 Å². The average molecular weight is 451 g/mol. The van der Waals surface area contributed by atoms with E-state index in [1.807, 2.05) is 31.2 Å². The van der Waals surface area contributed by atoms with Crippen LogP contribution in [0.15, 0.2) is 42.6 Å². The molecule has 4 aromatic rings. The topological polar surface area (TPSA) is 109 Å². The van der Waals surface area contributed by atoms with Gasteiger partial charge in [-0.1, -0.05) is 0 Å². The molecule has 0 radical (unpaired) electrons. The van der Waals surface area contributed by atoms with Gasteiger partial charge in [0.25, 0.3) is 5.91 Å². The van der Waals surface area contributed by atoms with Crippen LogP contribution < -0.4 is 25.3 Å². The van der Waals surface area contributed by atoms with E-state index in [4.69, 9.17) is 19.9 Å². The maximum absolute atomic E-state index is 12.9. The number of ether oxygens (including phenoxy) is 3. The van der Waals surface area contributed by atoms with Gasteiger partial charge in [0.15, 0.2) is 11.5 Å². The number of fused-ring (bicyclic) bond motifs is 1. The molecule has 0 atom stereocenters. The highest BCUT2D eigenvalue weighted by Gasteiger charge is 2.18. The van der Waals surface area contributed by atoms with Crippen molar-refractivity contribution in [3.63, 3.8) is 0 Å². The first-order valence-electron chi connectivity index (χ1n) is 9.68. The summed E-state index contributed by atoms with van der Waals surface area (Å²) in [6.07, 6.45) is 1.64. The average Bonchev–Trinajstić information content (AvgIpc) is 3.13. The van der Waals surface area contributed by atoms with E-state index in [1.54, 1.807) is 29.7 Å². The normalized spacial score (nSPS) is 10.8. The standard InChI is InChI=1S/C23H22N4O4S/c1-12-15-11-14(5-6-19(15)32-21(12)16-7-8-25-23(24)27-16)26-22(28)13-9-17(29-2)20(31-4)18(10-13)30-3/h5-11H,1-4H3,(H,26,28)(H2,24,25,27). The van der Waals surface area contributed by atoms with Crippen LogP contribution in [-0.2, 0) is 0 Å². The highest BCUT2D eigenvalue weighted by atomic mass is 32.1. The van der Waals surface area contributed by atoms with Gasteiger partial charge in [0, 0.05) is 22.1 Å². The van der Waals surface area contributed by atoms with E-state index in [-0.39, 0.29) is 11.9 Å². The molecule has 164 valence electrons. The number of nitrogen functional groups attached to an aromatic ring is 1. The van der Waals surface area contributed by atoms with E-state index >= 15 is 0 Å². The quantitative estimate of drug-likeness (QED) is 0.444. The van der Waals surface area contributed by atoms with Gasteiger partial charge in [-0.15, -0.1) is 11.3 Å². The van der Waals surface area contributed by atoms with Crippen molar-refractivity contribution in [1.82, 2.24) is 9.97 Å². The number of hydrogen-bond acceptors (Lipinski definition) is 8. The Balaban J connectivity index is 1.66. The highest BCUT2D eigenvalue weighted by Crippen LogP contribution is 2.40. The molecule has 9 heteroatoms. The van der Waals surface area contributed by atoms with E-state index in [0.717, 1.165) is 26.2 Å². The minimum absolute atomic E-state index is 0.234. The van der Waals surface area contributed by atoms with Crippen molar-refractivity contribution in [3.05, 3.63) is 53.7 Å². The van der Waals surface area contributed by atoms with Gasteiger partial charge in [-0.05, 0) is 54.3 Å². The monoisotopic (exact) mass is 450 g/mol. The Bertz CT molecular complexity index is 1290. The number of thiophene rings is 1. The van der Waals surface area contributed by atoms with Crippen molar-refractivity contribution >= 4 is 39.0 Å². The fourth-order valence-electron chi connectivity index (χ4n) is 3.46. The molecule has 2 aromatic carbocycles. The summed E-state index contributed by atoms with van der Waals surface area (Å²) in [5.41, 5.74) is 8.64. The van der Waals surface area contributed by atoms with Gasteiger partial charge in [0.1, 0.15) is 0 Å². The molecule has 2 heterocycles. The third kappa shape index (κ3) is 3.90. The lowest BCUT2D eigenvalue weighted by Gasteiger charge is -2.14. The van der Waals surface area contributed by atoms with E-state index < -0.39 is 0 Å². The number of hydrogen-bond donors (Lipinski definition) is 2. The van der Waals surface area contributed by atoms with E-state index in [0.29, 0.717) is 28.5 Å². The van der Waals surface area contributed by atoms with Gasteiger partial charge < -0.3 is 25.3 Å². The van der Waals surface area contributed by atoms with Crippen molar-refractivity contribution in [2.75, 3.05) is 32.4 Å². The molecule has 2 aromatic heterocycles. The summed E-state index contributed by atoms with van der Waals surface area (Å²) >= 11 is 1.62. The van der Waals surface area contributed by atoms with Crippen molar-refractivity contribution in [1.29, 1.82) is 0 Å². The van der Waals surface area contributed by atoms with Gasteiger partial charge >= 0.3 is 0 Å². The van der Waals surface area contributed by atoms with Crippen LogP contribution in [0.3, 0.4) is 0 Å². The number of aromatic nitrogens is 2. The molecule has 32 heavy (non-hydrogen) atoms. The van der Waals surface area contributed by atoms with E-state index in [9.17, 15) is 4.79 Å². The molecule has 1 amide bonds. The number of carbonyl (C=O) groups excluding carboxylic acids is 1. The second kappa shape index (κ2) is 8.72. The molecule has 0 aliphatic carbocycles. The summed E-state index contributed by atoms with van der Waals surface area (Å²) in [5, 5.41) is 3.98. The number of carbonyl (C=O) groups is 1. The van der Waals surface area contributed by atoms with E-state index in [2.05, 4.69) is 15.3 Å². The van der Waals surface area contributed by atoms with Crippen molar-refractivity contribution in [3.8, 4) is 27.8 Å². The predicted octanol–water partition coefficient (Wildman–Crippen LogP) is 4.53. The Morgan fingerprint density at radius 3 is 2.38 bits per heavy atom. The first-order chi connectivity index (χ1) is 15.4. The van der Waals surface area contributed by atoms with Gasteiger partial charge in [-0.2, -0.15) is 0 Å². The summed E-state index contributed by atoms with van der Waals surface area (Å²) in [6.45, 7) is 2.03. The van der Waals surface area contributed by atoms with Crippen LogP contribution >= 0.6 is 11.3 Å². The van der Waals surface area contributed by atoms with Crippen LogP contribution in [0.4, 0.5) is 11.6 Å². The zero-order valence-corrected chi connectivity index (χ0v) is 18.9. The first kappa shape index (κ1) is 21.4. The Hall–Kier alpha value is -3.85. The lowest BCUT2D eigenvalue weighted by molar-refractivity contribution is 0.102. The molecule has 0 aliphatic rings. The number of nitrogens with zero attached hydrogens (tertiary/aromatic N) is 2. The summed E-state index contributed by atoms with van der Waals surface area (Å²) in [6, 6.07) is 10.9. The number of nitrogens with one attached hydrogen (secondary N) is 1. The number of nitrogens with two attached hydrogens (primary N) is 1. The van der Waals surface area contributed by atoms with Crippen LogP contribution in [0.5, 0.6) is 17.2 Å². The number of aryl methyl sites for hydroxylation is 1. The Labute approximate surface area is 189 Å². The third-order valence-corrected chi connectivity index (χ3v) is 6.32. The zero-order valence-electron chi connectivity index (χ0n) is 18.1. The van der Waals surface area contributed by atoms with Crippen molar-refractivity contribution < 1.29 is 19.0 Å². The van der Waals surface area contributed by atoms with Gasteiger partial charge in [-0.3, -0.25) is 4.79 Å². The Morgan fingerprint density at radius 1 is 1.03 bits per heavy atom. The second-order valence-corrected chi connectivity index (χ2v) is 7.99. The minimum atomic E-state index is -0.291. The first-order valence-corrected chi connectivity index (χ1v) is 10.5. The summed E-state index contributed by atoms with van der Waals surface area (Å²) in [5.74, 6) is 1.20.